The van der Waals surface area contributed by atoms with Crippen molar-refractivity contribution in [3.63, 3.8) is 0 Å². The molecule has 3 unspecified atom stereocenters. The SMILES string of the molecule is COCOc1cc(Cl)c2c(c1)C1(CC2)CCc2c(nc(Cl)nc2N2CC3CCC(C2)N3C(=O)OC(C)(C)C)C1. The summed E-state index contributed by atoms with van der Waals surface area (Å²) in [5.74, 6) is 1.65. The van der Waals surface area contributed by atoms with Crippen LogP contribution < -0.4 is 9.64 Å². The number of carbonyl (C=O) groups excluding carboxylic acids is 1. The van der Waals surface area contributed by atoms with E-state index >= 15 is 0 Å². The van der Waals surface area contributed by atoms with Crippen molar-refractivity contribution in [1.29, 1.82) is 0 Å². The van der Waals surface area contributed by atoms with Crippen LogP contribution in [0.15, 0.2) is 12.1 Å². The molecule has 10 heteroatoms. The average Bonchev–Trinajstić information content (AvgIpc) is 3.35. The van der Waals surface area contributed by atoms with Gasteiger partial charge in [0.1, 0.15) is 17.2 Å². The molecule has 0 radical (unpaired) electrons. The molecule has 3 heterocycles. The Morgan fingerprint density at radius 2 is 1.77 bits per heavy atom. The number of hydrogen-bond acceptors (Lipinski definition) is 7. The van der Waals surface area contributed by atoms with Crippen LogP contribution in [0.2, 0.25) is 10.3 Å². The predicted molar refractivity (Wildman–Crippen MR) is 150 cm³/mol. The molecule has 2 aliphatic heterocycles. The van der Waals surface area contributed by atoms with Crippen molar-refractivity contribution in [2.24, 2.45) is 0 Å². The first-order valence-corrected chi connectivity index (χ1v) is 14.6. The number of piperazine rings is 1. The zero-order valence-electron chi connectivity index (χ0n) is 23.1. The first kappa shape index (κ1) is 26.9. The van der Waals surface area contributed by atoms with Crippen LogP contribution in [0.1, 0.15) is 68.8 Å². The molecule has 1 aromatic heterocycles. The highest BCUT2D eigenvalue weighted by atomic mass is 35.5. The second-order valence-corrected chi connectivity index (χ2v) is 13.1. The van der Waals surface area contributed by atoms with Crippen LogP contribution in [-0.4, -0.2) is 65.6 Å². The molecule has 8 nitrogen and oxygen atoms in total. The quantitative estimate of drug-likeness (QED) is 0.341. The van der Waals surface area contributed by atoms with E-state index in [9.17, 15) is 4.79 Å². The Kier molecular flexibility index (Phi) is 6.87. The standard InChI is InChI=1S/C29H36Cl2N4O4/c1-28(2,3)39-27(36)35-17-5-6-18(35)15-34(14-17)25-21-8-10-29(13-24(21)32-26(31)33-25)9-7-20-22(29)11-19(12-23(20)30)38-16-37-4/h11-12,17-18H,5-10,13-16H2,1-4H3. The summed E-state index contributed by atoms with van der Waals surface area (Å²) in [6, 6.07) is 4.23. The fourth-order valence-electron chi connectivity index (χ4n) is 7.10. The maximum Gasteiger partial charge on any atom is 0.410 e. The molecule has 210 valence electrons. The number of amides is 1. The van der Waals surface area contributed by atoms with Crippen LogP contribution in [0.3, 0.4) is 0 Å². The van der Waals surface area contributed by atoms with E-state index in [0.717, 1.165) is 80.3 Å². The Hall–Kier alpha value is -2.29. The molecular weight excluding hydrogens is 539 g/mol. The number of halogens is 2. The number of carbonyl (C=O) groups is 1. The molecule has 1 amide bonds. The van der Waals surface area contributed by atoms with E-state index < -0.39 is 5.60 Å². The van der Waals surface area contributed by atoms with Crippen LogP contribution >= 0.6 is 23.2 Å². The maximum absolute atomic E-state index is 13.0. The average molecular weight is 576 g/mol. The van der Waals surface area contributed by atoms with E-state index in [2.05, 4.69) is 11.0 Å². The topological polar surface area (TPSA) is 77.0 Å². The highest BCUT2D eigenvalue weighted by molar-refractivity contribution is 6.31. The number of rotatable bonds is 4. The summed E-state index contributed by atoms with van der Waals surface area (Å²) >= 11 is 13.3. The van der Waals surface area contributed by atoms with Gasteiger partial charge in [0, 0.05) is 36.2 Å². The summed E-state index contributed by atoms with van der Waals surface area (Å²) in [6.07, 6.45) is 6.32. The predicted octanol–water partition coefficient (Wildman–Crippen LogP) is 5.73. The number of ether oxygens (including phenoxy) is 3. The highest BCUT2D eigenvalue weighted by Gasteiger charge is 2.47. The van der Waals surface area contributed by atoms with Gasteiger partial charge in [0.25, 0.3) is 0 Å². The van der Waals surface area contributed by atoms with Crippen LogP contribution in [0.5, 0.6) is 5.75 Å². The van der Waals surface area contributed by atoms with Gasteiger partial charge in [-0.3, -0.25) is 4.90 Å². The van der Waals surface area contributed by atoms with E-state index in [0.29, 0.717) is 0 Å². The van der Waals surface area contributed by atoms with Gasteiger partial charge in [0.2, 0.25) is 5.28 Å². The monoisotopic (exact) mass is 574 g/mol. The van der Waals surface area contributed by atoms with Crippen LogP contribution in [-0.2, 0) is 34.2 Å². The summed E-state index contributed by atoms with van der Waals surface area (Å²) in [4.78, 5) is 26.7. The lowest BCUT2D eigenvalue weighted by atomic mass is 9.69. The Balaban J connectivity index is 1.27. The first-order chi connectivity index (χ1) is 18.6. The van der Waals surface area contributed by atoms with Gasteiger partial charge in [-0.15, -0.1) is 0 Å². The van der Waals surface area contributed by atoms with E-state index in [-0.39, 0.29) is 35.7 Å². The molecule has 1 spiro atoms. The number of anilines is 1. The van der Waals surface area contributed by atoms with Gasteiger partial charge in [-0.25, -0.2) is 14.8 Å². The molecule has 39 heavy (non-hydrogen) atoms. The van der Waals surface area contributed by atoms with Crippen molar-refractivity contribution in [3.8, 4) is 5.75 Å². The molecule has 2 aliphatic carbocycles. The fourth-order valence-corrected chi connectivity index (χ4v) is 7.59. The molecule has 3 atom stereocenters. The van der Waals surface area contributed by atoms with Gasteiger partial charge < -0.3 is 19.1 Å². The highest BCUT2D eigenvalue weighted by Crippen LogP contribution is 2.51. The third kappa shape index (κ3) is 4.93. The summed E-state index contributed by atoms with van der Waals surface area (Å²) in [5, 5.41) is 1.03. The van der Waals surface area contributed by atoms with Crippen molar-refractivity contribution in [2.75, 3.05) is 31.9 Å². The van der Waals surface area contributed by atoms with Crippen molar-refractivity contribution in [1.82, 2.24) is 14.9 Å². The zero-order valence-corrected chi connectivity index (χ0v) is 24.6. The number of benzene rings is 1. The Labute approximate surface area is 239 Å². The van der Waals surface area contributed by atoms with Crippen molar-refractivity contribution in [3.05, 3.63) is 44.8 Å². The van der Waals surface area contributed by atoms with E-state index in [1.54, 1.807) is 7.11 Å². The minimum Gasteiger partial charge on any atom is -0.468 e. The lowest BCUT2D eigenvalue weighted by Gasteiger charge is -2.43. The number of fused-ring (bicyclic) bond motifs is 5. The third-order valence-electron chi connectivity index (χ3n) is 8.73. The Bertz CT molecular complexity index is 1290. The molecule has 2 fully saturated rings. The van der Waals surface area contributed by atoms with Crippen molar-refractivity contribution >= 4 is 35.1 Å². The van der Waals surface area contributed by atoms with Crippen LogP contribution in [0.4, 0.5) is 10.6 Å². The number of hydrogen-bond donors (Lipinski definition) is 0. The van der Waals surface area contributed by atoms with Gasteiger partial charge in [-0.05, 0) is 101 Å². The molecule has 4 aliphatic rings. The molecule has 2 saturated heterocycles. The number of nitrogens with zero attached hydrogens (tertiary/aromatic N) is 4. The summed E-state index contributed by atoms with van der Waals surface area (Å²) in [6.45, 7) is 7.36. The summed E-state index contributed by atoms with van der Waals surface area (Å²) in [7, 11) is 1.61. The summed E-state index contributed by atoms with van der Waals surface area (Å²) in [5.41, 5.74) is 4.10. The molecule has 2 bridgehead atoms. The fraction of sp³-hybridized carbons (Fsp3) is 0.621. The Morgan fingerprint density at radius 1 is 1.08 bits per heavy atom. The van der Waals surface area contributed by atoms with Crippen molar-refractivity contribution in [2.45, 2.75) is 88.8 Å². The van der Waals surface area contributed by atoms with Gasteiger partial charge in [0.15, 0.2) is 6.79 Å². The van der Waals surface area contributed by atoms with Gasteiger partial charge in [-0.2, -0.15) is 0 Å². The lowest BCUT2D eigenvalue weighted by Crippen LogP contribution is -2.57. The van der Waals surface area contributed by atoms with Gasteiger partial charge >= 0.3 is 6.09 Å². The maximum atomic E-state index is 13.0. The Morgan fingerprint density at radius 3 is 2.44 bits per heavy atom. The largest absolute Gasteiger partial charge is 0.468 e. The van der Waals surface area contributed by atoms with Gasteiger partial charge in [0.05, 0.1) is 17.8 Å². The van der Waals surface area contributed by atoms with E-state index in [1.165, 1.54) is 16.7 Å². The second-order valence-electron chi connectivity index (χ2n) is 12.4. The lowest BCUT2D eigenvalue weighted by molar-refractivity contribution is 0.0122. The molecular formula is C29H36Cl2N4O4. The minimum atomic E-state index is -0.511. The van der Waals surface area contributed by atoms with Gasteiger partial charge in [-0.1, -0.05) is 11.6 Å². The smallest absolute Gasteiger partial charge is 0.410 e. The van der Waals surface area contributed by atoms with Crippen LogP contribution in [0, 0.1) is 0 Å². The normalized spacial score (nSPS) is 25.6. The van der Waals surface area contributed by atoms with E-state index in [1.807, 2.05) is 31.7 Å². The molecule has 0 N–H and O–H groups in total. The first-order valence-electron chi connectivity index (χ1n) is 13.8. The number of methoxy groups -OCH3 is 1. The van der Waals surface area contributed by atoms with Crippen molar-refractivity contribution < 1.29 is 19.0 Å². The number of aromatic nitrogens is 2. The molecule has 1 aromatic carbocycles. The zero-order chi connectivity index (χ0) is 27.5. The van der Waals surface area contributed by atoms with E-state index in [4.69, 9.17) is 47.4 Å². The third-order valence-corrected chi connectivity index (χ3v) is 9.23. The molecule has 6 rings (SSSR count). The summed E-state index contributed by atoms with van der Waals surface area (Å²) < 4.78 is 16.6. The minimum absolute atomic E-state index is 0.0538. The molecule has 2 aromatic rings. The molecule has 0 saturated carbocycles. The second kappa shape index (κ2) is 9.96. The van der Waals surface area contributed by atoms with Crippen LogP contribution in [0.25, 0.3) is 0 Å².